The molecule has 3 aliphatic rings. The molecule has 1 fully saturated rings. The molecule has 3 nitrogen and oxygen atoms in total. The van der Waals surface area contributed by atoms with E-state index in [9.17, 15) is 15.3 Å². The molecule has 3 aliphatic carbocycles. The molecule has 0 aromatic rings. The van der Waals surface area contributed by atoms with E-state index in [1.165, 1.54) is 31.3 Å². The van der Waals surface area contributed by atoms with Crippen LogP contribution >= 0.6 is 0 Å². The Morgan fingerprint density at radius 3 is 2.67 bits per heavy atom. The smallest absolute Gasteiger partial charge is 0.0777 e. The molecule has 30 heavy (non-hydrogen) atoms. The fourth-order valence-corrected chi connectivity index (χ4v) is 6.58. The van der Waals surface area contributed by atoms with Crippen molar-refractivity contribution < 1.29 is 15.3 Å². The van der Waals surface area contributed by atoms with Crippen LogP contribution in [0.25, 0.3) is 0 Å². The molecule has 1 saturated carbocycles. The van der Waals surface area contributed by atoms with Crippen molar-refractivity contribution in [2.24, 2.45) is 23.2 Å². The van der Waals surface area contributed by atoms with E-state index in [1.807, 2.05) is 20.8 Å². The van der Waals surface area contributed by atoms with Crippen LogP contribution in [0, 0.1) is 23.2 Å². The van der Waals surface area contributed by atoms with E-state index in [4.69, 9.17) is 0 Å². The van der Waals surface area contributed by atoms with Gasteiger partial charge in [-0.05, 0) is 99.2 Å². The highest BCUT2D eigenvalue weighted by Gasteiger charge is 2.49. The van der Waals surface area contributed by atoms with Gasteiger partial charge >= 0.3 is 0 Å². The van der Waals surface area contributed by atoms with Crippen LogP contribution in [0.3, 0.4) is 0 Å². The van der Waals surface area contributed by atoms with Crippen molar-refractivity contribution in [2.45, 2.75) is 110 Å². The fraction of sp³-hybridized carbons (Fsp3) is 0.778. The van der Waals surface area contributed by atoms with Gasteiger partial charge in [-0.15, -0.1) is 0 Å². The number of allylic oxidation sites excluding steroid dienone is 4. The van der Waals surface area contributed by atoms with Crippen molar-refractivity contribution in [3.05, 3.63) is 34.9 Å². The zero-order chi connectivity index (χ0) is 22.1. The van der Waals surface area contributed by atoms with Crippen molar-refractivity contribution >= 4 is 0 Å². The Morgan fingerprint density at radius 1 is 1.23 bits per heavy atom. The maximum atomic E-state index is 10.2. The van der Waals surface area contributed by atoms with E-state index < -0.39 is 17.8 Å². The molecule has 3 heteroatoms. The predicted molar refractivity (Wildman–Crippen MR) is 124 cm³/mol. The average molecular weight is 417 g/mol. The van der Waals surface area contributed by atoms with E-state index in [1.54, 1.807) is 0 Å². The largest absolute Gasteiger partial charge is 0.393 e. The molecule has 0 radical (unpaired) electrons. The fourth-order valence-electron chi connectivity index (χ4n) is 6.58. The van der Waals surface area contributed by atoms with E-state index in [0.717, 1.165) is 36.3 Å². The number of aliphatic hydroxyl groups is 3. The number of aliphatic hydroxyl groups excluding tert-OH is 2. The Kier molecular flexibility index (Phi) is 7.37. The number of hydrogen-bond acceptors (Lipinski definition) is 3. The van der Waals surface area contributed by atoms with Gasteiger partial charge in [-0.3, -0.25) is 0 Å². The molecule has 0 aromatic carbocycles. The summed E-state index contributed by atoms with van der Waals surface area (Å²) in [5.74, 6) is 2.06. The molecular weight excluding hydrogens is 372 g/mol. The summed E-state index contributed by atoms with van der Waals surface area (Å²) < 4.78 is 0. The molecule has 0 aliphatic heterocycles. The molecule has 0 heterocycles. The van der Waals surface area contributed by atoms with Gasteiger partial charge in [0, 0.05) is 6.42 Å². The quantitative estimate of drug-likeness (QED) is 0.498. The third kappa shape index (κ3) is 5.29. The second kappa shape index (κ2) is 9.30. The Balaban J connectivity index is 1.68. The zero-order valence-electron chi connectivity index (χ0n) is 19.8. The highest BCUT2D eigenvalue weighted by molar-refractivity contribution is 5.37. The third-order valence-corrected chi connectivity index (χ3v) is 8.44. The van der Waals surface area contributed by atoms with Crippen molar-refractivity contribution in [1.82, 2.24) is 0 Å². The topological polar surface area (TPSA) is 60.7 Å². The minimum Gasteiger partial charge on any atom is -0.393 e. The second-order valence-electron chi connectivity index (χ2n) is 11.3. The Hall–Kier alpha value is -0.900. The van der Waals surface area contributed by atoms with Crippen LogP contribution in [0.1, 0.15) is 92.4 Å². The van der Waals surface area contributed by atoms with Gasteiger partial charge in [0.25, 0.3) is 0 Å². The third-order valence-electron chi connectivity index (χ3n) is 8.44. The summed E-state index contributed by atoms with van der Waals surface area (Å²) >= 11 is 0. The summed E-state index contributed by atoms with van der Waals surface area (Å²) in [5.41, 5.74) is 3.38. The lowest BCUT2D eigenvalue weighted by molar-refractivity contribution is 0.0613. The van der Waals surface area contributed by atoms with Crippen LogP contribution in [0.15, 0.2) is 34.9 Å². The maximum absolute atomic E-state index is 10.2. The number of rotatable bonds is 7. The molecule has 0 spiro atoms. The first-order valence-electron chi connectivity index (χ1n) is 12.2. The molecule has 3 unspecified atom stereocenters. The molecule has 3 N–H and O–H groups in total. The summed E-state index contributed by atoms with van der Waals surface area (Å²) in [5, 5.41) is 30.3. The molecule has 3 rings (SSSR count). The summed E-state index contributed by atoms with van der Waals surface area (Å²) in [7, 11) is 0. The normalized spacial score (nSPS) is 36.2. The minimum absolute atomic E-state index is 0.359. The van der Waals surface area contributed by atoms with E-state index in [-0.39, 0.29) is 0 Å². The lowest BCUT2D eigenvalue weighted by atomic mass is 9.62. The van der Waals surface area contributed by atoms with Gasteiger partial charge < -0.3 is 15.3 Å². The summed E-state index contributed by atoms with van der Waals surface area (Å²) in [4.78, 5) is 0. The molecular formula is C27H44O3. The highest BCUT2D eigenvalue weighted by Crippen LogP contribution is 2.58. The van der Waals surface area contributed by atoms with E-state index in [0.29, 0.717) is 30.1 Å². The Labute approximate surface area is 184 Å². The molecule has 0 aromatic heterocycles. The van der Waals surface area contributed by atoms with Gasteiger partial charge in [-0.25, -0.2) is 0 Å². The van der Waals surface area contributed by atoms with E-state index >= 15 is 0 Å². The van der Waals surface area contributed by atoms with Crippen molar-refractivity contribution in [1.29, 1.82) is 0 Å². The Morgan fingerprint density at radius 2 is 1.97 bits per heavy atom. The SMILES string of the molecule is CC1=C(/C=C\C2=CCC[C@@]3(C)C2CC[C@@H]3C(C)CCCC(C)(C)O)CC(O)C[C@H]1O. The monoisotopic (exact) mass is 416 g/mol. The van der Waals surface area contributed by atoms with Crippen molar-refractivity contribution in [3.8, 4) is 0 Å². The van der Waals surface area contributed by atoms with Gasteiger partial charge in [-0.2, -0.15) is 0 Å². The maximum Gasteiger partial charge on any atom is 0.0777 e. The van der Waals surface area contributed by atoms with Crippen LogP contribution in [0.2, 0.25) is 0 Å². The lowest BCUT2D eigenvalue weighted by Crippen LogP contribution is -2.35. The first-order valence-corrected chi connectivity index (χ1v) is 12.2. The van der Waals surface area contributed by atoms with Gasteiger partial charge in [-0.1, -0.05) is 44.9 Å². The van der Waals surface area contributed by atoms with Gasteiger partial charge in [0.1, 0.15) is 0 Å². The van der Waals surface area contributed by atoms with Crippen LogP contribution in [0.5, 0.6) is 0 Å². The summed E-state index contributed by atoms with van der Waals surface area (Å²) in [6.07, 6.45) is 15.2. The van der Waals surface area contributed by atoms with Gasteiger partial charge in [0.2, 0.25) is 0 Å². The highest BCUT2D eigenvalue weighted by atomic mass is 16.3. The molecule has 6 atom stereocenters. The first-order chi connectivity index (χ1) is 14.0. The standard InChI is InChI=1S/C27H44O3/c1-18(8-6-14-26(3,4)30)23-12-13-24-20(9-7-15-27(23,24)5)10-11-21-16-22(28)17-25(29)19(21)2/h9-11,18,22-25,28-30H,6-8,12-17H2,1-5H3/b11-10-/t18?,22?,23-,24?,25-,27-/m1/s1. The summed E-state index contributed by atoms with van der Waals surface area (Å²) in [6.45, 7) is 10.8. The van der Waals surface area contributed by atoms with Gasteiger partial charge in [0.15, 0.2) is 0 Å². The predicted octanol–water partition coefficient (Wildman–Crippen LogP) is 5.70. The zero-order valence-corrected chi connectivity index (χ0v) is 19.8. The average Bonchev–Trinajstić information content (AvgIpc) is 3.00. The minimum atomic E-state index is -0.555. The Bertz CT molecular complexity index is 695. The molecule has 0 saturated heterocycles. The van der Waals surface area contributed by atoms with Crippen molar-refractivity contribution in [3.63, 3.8) is 0 Å². The van der Waals surface area contributed by atoms with E-state index in [2.05, 4.69) is 32.1 Å². The lowest BCUT2D eigenvalue weighted by Gasteiger charge is -2.43. The van der Waals surface area contributed by atoms with Crippen LogP contribution in [0.4, 0.5) is 0 Å². The first kappa shape index (κ1) is 23.8. The second-order valence-corrected chi connectivity index (χ2v) is 11.3. The molecule has 0 bridgehead atoms. The molecule has 170 valence electrons. The van der Waals surface area contributed by atoms with Crippen LogP contribution in [-0.2, 0) is 0 Å². The van der Waals surface area contributed by atoms with Crippen LogP contribution in [-0.4, -0.2) is 33.1 Å². The van der Waals surface area contributed by atoms with Crippen molar-refractivity contribution in [2.75, 3.05) is 0 Å². The van der Waals surface area contributed by atoms with Gasteiger partial charge in [0.05, 0.1) is 17.8 Å². The van der Waals surface area contributed by atoms with Crippen LogP contribution < -0.4 is 0 Å². The molecule has 0 amide bonds. The number of fused-ring (bicyclic) bond motifs is 1. The summed E-state index contributed by atoms with van der Waals surface area (Å²) in [6, 6.07) is 0. The number of hydrogen-bond donors (Lipinski definition) is 3.